The van der Waals surface area contributed by atoms with Gasteiger partial charge in [-0.15, -0.1) is 0 Å². The molecule has 2 heterocycles. The molecule has 7 heteroatoms. The molecule has 2 aliphatic heterocycles. The van der Waals surface area contributed by atoms with Crippen molar-refractivity contribution < 1.29 is 19.1 Å². The predicted octanol–water partition coefficient (Wildman–Crippen LogP) is 2.46. The topological polar surface area (TPSA) is 78.8 Å². The van der Waals surface area contributed by atoms with Crippen LogP contribution in [0.1, 0.15) is 36.0 Å². The van der Waals surface area contributed by atoms with E-state index in [4.69, 9.17) is 11.6 Å². The molecule has 0 spiro atoms. The van der Waals surface area contributed by atoms with Gasteiger partial charge in [0.05, 0.1) is 22.7 Å². The maximum absolute atomic E-state index is 13.6. The van der Waals surface area contributed by atoms with Crippen molar-refractivity contribution in [2.24, 2.45) is 10.9 Å². The predicted molar refractivity (Wildman–Crippen MR) is 88.7 cm³/mol. The number of aliphatic hydroxyl groups excluding tert-OH is 1. The minimum Gasteiger partial charge on any atom is -0.391 e. The van der Waals surface area contributed by atoms with Crippen LogP contribution in [0.4, 0.5) is 10.1 Å². The molecular formula is C17H18ClFN2O3. The number of nitrogens with one attached hydrogen (secondary N) is 1. The molecule has 1 unspecified atom stereocenters. The maximum atomic E-state index is 13.6. The van der Waals surface area contributed by atoms with Crippen LogP contribution in [0.15, 0.2) is 17.1 Å². The van der Waals surface area contributed by atoms with Crippen LogP contribution in [0.25, 0.3) is 0 Å². The number of carbonyl (C=O) groups is 2. The molecule has 24 heavy (non-hydrogen) atoms. The third-order valence-corrected chi connectivity index (χ3v) is 4.77. The molecule has 0 radical (unpaired) electrons. The lowest BCUT2D eigenvalue weighted by atomic mass is 9.88. The second kappa shape index (κ2) is 7.09. The molecule has 0 saturated carbocycles. The minimum atomic E-state index is -0.702. The number of hydrogen-bond donors (Lipinski definition) is 2. The smallest absolute Gasteiger partial charge is 0.173 e. The zero-order valence-corrected chi connectivity index (χ0v) is 13.7. The first-order valence-electron chi connectivity index (χ1n) is 7.96. The largest absolute Gasteiger partial charge is 0.391 e. The number of ketones is 2. The van der Waals surface area contributed by atoms with Gasteiger partial charge in [0.2, 0.25) is 0 Å². The molecule has 1 fully saturated rings. The van der Waals surface area contributed by atoms with E-state index < -0.39 is 17.8 Å². The lowest BCUT2D eigenvalue weighted by Gasteiger charge is -2.28. The number of aliphatic imine (C=N–C) groups is 1. The van der Waals surface area contributed by atoms with Crippen molar-refractivity contribution in [3.05, 3.63) is 28.5 Å². The first-order valence-corrected chi connectivity index (χ1v) is 8.34. The summed E-state index contributed by atoms with van der Waals surface area (Å²) in [5.74, 6) is -1.84. The van der Waals surface area contributed by atoms with Crippen LogP contribution in [0.5, 0.6) is 0 Å². The average molecular weight is 353 g/mol. The fourth-order valence-electron chi connectivity index (χ4n) is 3.14. The van der Waals surface area contributed by atoms with Crippen LogP contribution in [-0.4, -0.2) is 41.6 Å². The number of Topliss-reactive ketones (excluding diaryl/α,β-unsaturated/α-hetero) is 2. The van der Waals surface area contributed by atoms with Gasteiger partial charge < -0.3 is 10.4 Å². The lowest BCUT2D eigenvalue weighted by Crippen LogP contribution is -2.46. The Balaban J connectivity index is 1.67. The lowest BCUT2D eigenvalue weighted by molar-refractivity contribution is -0.120. The van der Waals surface area contributed by atoms with Gasteiger partial charge >= 0.3 is 0 Å². The van der Waals surface area contributed by atoms with Crippen molar-refractivity contribution in [1.82, 2.24) is 5.32 Å². The zero-order chi connectivity index (χ0) is 17.3. The molecule has 2 N–H and O–H groups in total. The number of piperidine rings is 1. The Morgan fingerprint density at radius 3 is 2.96 bits per heavy atom. The summed E-state index contributed by atoms with van der Waals surface area (Å²) in [5, 5.41) is 12.9. The number of halogens is 2. The highest BCUT2D eigenvalue weighted by Gasteiger charge is 2.30. The number of nitrogens with zero attached hydrogens (tertiary/aromatic N) is 1. The van der Waals surface area contributed by atoms with Gasteiger partial charge in [-0.2, -0.15) is 0 Å². The minimum absolute atomic E-state index is 0.00306. The number of rotatable bonds is 4. The van der Waals surface area contributed by atoms with Crippen molar-refractivity contribution in [3.8, 4) is 0 Å². The quantitative estimate of drug-likeness (QED) is 0.872. The van der Waals surface area contributed by atoms with Gasteiger partial charge in [0.25, 0.3) is 0 Å². The Bertz CT molecular complexity index is 707. The van der Waals surface area contributed by atoms with Crippen molar-refractivity contribution in [1.29, 1.82) is 0 Å². The van der Waals surface area contributed by atoms with Gasteiger partial charge in [-0.3, -0.25) is 14.6 Å². The van der Waals surface area contributed by atoms with E-state index in [1.165, 1.54) is 12.3 Å². The third kappa shape index (κ3) is 3.55. The molecule has 0 amide bonds. The molecule has 0 aromatic heterocycles. The summed E-state index contributed by atoms with van der Waals surface area (Å²) in [6.07, 6.45) is 2.58. The third-order valence-electron chi connectivity index (χ3n) is 4.48. The van der Waals surface area contributed by atoms with E-state index in [0.717, 1.165) is 19.0 Å². The summed E-state index contributed by atoms with van der Waals surface area (Å²) in [4.78, 5) is 28.8. The fourth-order valence-corrected chi connectivity index (χ4v) is 3.30. The van der Waals surface area contributed by atoms with Crippen LogP contribution >= 0.6 is 11.6 Å². The van der Waals surface area contributed by atoms with Crippen molar-refractivity contribution in [2.75, 3.05) is 6.54 Å². The Hall–Kier alpha value is -1.63. The molecule has 1 saturated heterocycles. The second-order valence-corrected chi connectivity index (χ2v) is 6.66. The Morgan fingerprint density at radius 1 is 1.42 bits per heavy atom. The molecule has 1 aromatic carbocycles. The fraction of sp³-hybridized carbons (Fsp3) is 0.471. The van der Waals surface area contributed by atoms with Gasteiger partial charge in [-0.25, -0.2) is 4.39 Å². The maximum Gasteiger partial charge on any atom is 0.173 e. The van der Waals surface area contributed by atoms with E-state index in [1.807, 2.05) is 0 Å². The zero-order valence-electron chi connectivity index (χ0n) is 13.0. The highest BCUT2D eigenvalue weighted by molar-refractivity contribution is 6.31. The Morgan fingerprint density at radius 2 is 2.21 bits per heavy atom. The monoisotopic (exact) mass is 352 g/mol. The van der Waals surface area contributed by atoms with Crippen LogP contribution in [0.3, 0.4) is 0 Å². The SMILES string of the molecule is O=C(CC1C=Nc2cc(Cl)c(F)cc2C1=O)C[C@@H]1NCCC[C@H]1O. The van der Waals surface area contributed by atoms with Gasteiger partial charge in [0.15, 0.2) is 5.78 Å². The second-order valence-electron chi connectivity index (χ2n) is 6.25. The van der Waals surface area contributed by atoms with Crippen molar-refractivity contribution in [2.45, 2.75) is 37.8 Å². The number of aliphatic hydroxyl groups is 1. The summed E-state index contributed by atoms with van der Waals surface area (Å²) in [7, 11) is 0. The van der Waals surface area contributed by atoms with Gasteiger partial charge in [-0.05, 0) is 31.5 Å². The highest BCUT2D eigenvalue weighted by atomic mass is 35.5. The van der Waals surface area contributed by atoms with Crippen LogP contribution in [-0.2, 0) is 4.79 Å². The van der Waals surface area contributed by atoms with E-state index in [1.54, 1.807) is 0 Å². The van der Waals surface area contributed by atoms with Gasteiger partial charge in [0.1, 0.15) is 11.6 Å². The molecule has 1 aromatic rings. The first kappa shape index (κ1) is 17.2. The van der Waals surface area contributed by atoms with Crippen molar-refractivity contribution >= 4 is 35.1 Å². The van der Waals surface area contributed by atoms with Gasteiger partial charge in [-0.1, -0.05) is 11.6 Å². The Labute approximate surface area is 143 Å². The highest BCUT2D eigenvalue weighted by Crippen LogP contribution is 2.32. The van der Waals surface area contributed by atoms with E-state index in [2.05, 4.69) is 10.3 Å². The number of fused-ring (bicyclic) bond motifs is 1. The molecule has 0 bridgehead atoms. The molecule has 5 nitrogen and oxygen atoms in total. The molecule has 2 aliphatic rings. The van der Waals surface area contributed by atoms with Gasteiger partial charge in [0, 0.05) is 30.7 Å². The number of hydrogen-bond acceptors (Lipinski definition) is 5. The average Bonchev–Trinajstić information content (AvgIpc) is 2.54. The number of benzene rings is 1. The first-order chi connectivity index (χ1) is 11.5. The van der Waals surface area contributed by atoms with Crippen LogP contribution in [0, 0.1) is 11.7 Å². The van der Waals surface area contributed by atoms with E-state index >= 15 is 0 Å². The van der Waals surface area contributed by atoms with E-state index in [-0.39, 0.29) is 41.0 Å². The standard InChI is InChI=1S/C17H18ClFN2O3/c18-12-7-14-11(6-13(12)19)17(24)9(8-21-14)4-10(22)5-15-16(23)2-1-3-20-15/h6-9,15-16,20,23H,1-5H2/t9?,15-,16+/m0/s1. The summed E-state index contributed by atoms with van der Waals surface area (Å²) in [6.45, 7) is 0.770. The Kier molecular flexibility index (Phi) is 5.08. The van der Waals surface area contributed by atoms with Crippen LogP contribution < -0.4 is 5.32 Å². The molecular weight excluding hydrogens is 335 g/mol. The van der Waals surface area contributed by atoms with Crippen LogP contribution in [0.2, 0.25) is 5.02 Å². The molecule has 3 rings (SSSR count). The van der Waals surface area contributed by atoms with E-state index in [0.29, 0.717) is 12.1 Å². The normalized spacial score (nSPS) is 26.3. The van der Waals surface area contributed by atoms with Crippen molar-refractivity contribution in [3.63, 3.8) is 0 Å². The summed E-state index contributed by atoms with van der Waals surface area (Å²) in [5.41, 5.74) is 0.465. The van der Waals surface area contributed by atoms with E-state index in [9.17, 15) is 19.1 Å². The summed E-state index contributed by atoms with van der Waals surface area (Å²) < 4.78 is 13.6. The number of carbonyl (C=O) groups excluding carboxylic acids is 2. The molecule has 0 aliphatic carbocycles. The summed E-state index contributed by atoms with van der Waals surface area (Å²) in [6, 6.07) is 2.10. The summed E-state index contributed by atoms with van der Waals surface area (Å²) >= 11 is 5.69. The molecule has 128 valence electrons. The molecule has 3 atom stereocenters.